The predicted molar refractivity (Wildman–Crippen MR) is 69.8 cm³/mol. The highest BCUT2D eigenvalue weighted by molar-refractivity contribution is 9.10. The lowest BCUT2D eigenvalue weighted by molar-refractivity contribution is 0.170. The lowest BCUT2D eigenvalue weighted by Gasteiger charge is -2.19. The second-order valence-corrected chi connectivity index (χ2v) is 4.47. The zero-order chi connectivity index (χ0) is 12.7. The Morgan fingerprint density at radius 2 is 2.35 bits per heavy atom. The summed E-state index contributed by atoms with van der Waals surface area (Å²) in [4.78, 5) is 0. The Bertz CT molecular complexity index is 398. The van der Waals surface area contributed by atoms with E-state index >= 15 is 0 Å². The molecule has 1 rings (SSSR count). The lowest BCUT2D eigenvalue weighted by atomic mass is 10.2. The molecule has 1 atom stereocenters. The summed E-state index contributed by atoms with van der Waals surface area (Å²) in [5.41, 5.74) is 1.49. The third-order valence-corrected chi connectivity index (χ3v) is 2.96. The first-order valence-corrected chi connectivity index (χ1v) is 6.06. The van der Waals surface area contributed by atoms with Gasteiger partial charge in [-0.05, 0) is 40.5 Å². The van der Waals surface area contributed by atoms with Gasteiger partial charge in [0.1, 0.15) is 0 Å². The number of aliphatic hydroxyl groups excluding tert-OH is 1. The van der Waals surface area contributed by atoms with E-state index in [0.717, 1.165) is 10.2 Å². The minimum absolute atomic E-state index is 0.0502. The van der Waals surface area contributed by atoms with E-state index in [4.69, 9.17) is 15.1 Å². The van der Waals surface area contributed by atoms with E-state index in [0.29, 0.717) is 18.6 Å². The zero-order valence-corrected chi connectivity index (χ0v) is 11.2. The van der Waals surface area contributed by atoms with Crippen LogP contribution in [0.25, 0.3) is 0 Å². The van der Waals surface area contributed by atoms with Gasteiger partial charge in [-0.15, -0.1) is 0 Å². The Balaban J connectivity index is 2.75. The molecular formula is C12H15BrN2O2. The van der Waals surface area contributed by atoms with Crippen molar-refractivity contribution >= 4 is 21.6 Å². The maximum atomic E-state index is 8.94. The van der Waals surface area contributed by atoms with Crippen molar-refractivity contribution in [2.45, 2.75) is 12.5 Å². The fourth-order valence-electron chi connectivity index (χ4n) is 1.48. The molecule has 17 heavy (non-hydrogen) atoms. The van der Waals surface area contributed by atoms with Crippen molar-refractivity contribution in [1.82, 2.24) is 0 Å². The Morgan fingerprint density at radius 3 is 2.88 bits per heavy atom. The van der Waals surface area contributed by atoms with Crippen LogP contribution in [-0.2, 0) is 4.74 Å². The number of nitrogens with one attached hydrogen (secondary N) is 1. The summed E-state index contributed by atoms with van der Waals surface area (Å²) in [7, 11) is 1.62. The molecule has 0 heterocycles. The van der Waals surface area contributed by atoms with Gasteiger partial charge in [0.2, 0.25) is 0 Å². The first-order valence-electron chi connectivity index (χ1n) is 5.27. The molecule has 1 unspecified atom stereocenters. The maximum absolute atomic E-state index is 8.94. The topological polar surface area (TPSA) is 65.3 Å². The van der Waals surface area contributed by atoms with Gasteiger partial charge >= 0.3 is 0 Å². The Hall–Kier alpha value is -1.09. The third kappa shape index (κ3) is 4.35. The quantitative estimate of drug-likeness (QED) is 0.844. The number of hydrogen-bond donors (Lipinski definition) is 2. The Kier molecular flexibility index (Phi) is 5.98. The van der Waals surface area contributed by atoms with E-state index in [1.165, 1.54) is 0 Å². The lowest BCUT2D eigenvalue weighted by Crippen LogP contribution is -2.26. The van der Waals surface area contributed by atoms with Crippen LogP contribution in [0, 0.1) is 11.3 Å². The van der Waals surface area contributed by atoms with Gasteiger partial charge in [0.15, 0.2) is 0 Å². The molecule has 0 saturated heterocycles. The zero-order valence-electron chi connectivity index (χ0n) is 9.61. The first-order chi connectivity index (χ1) is 8.21. The van der Waals surface area contributed by atoms with Gasteiger partial charge in [0.25, 0.3) is 0 Å². The molecule has 0 fully saturated rings. The van der Waals surface area contributed by atoms with Crippen molar-refractivity contribution in [3.8, 4) is 6.07 Å². The number of aliphatic hydroxyl groups is 1. The highest BCUT2D eigenvalue weighted by Gasteiger charge is 2.09. The van der Waals surface area contributed by atoms with Crippen molar-refractivity contribution in [1.29, 1.82) is 5.26 Å². The monoisotopic (exact) mass is 298 g/mol. The van der Waals surface area contributed by atoms with Crippen molar-refractivity contribution in [2.24, 2.45) is 0 Å². The number of nitriles is 1. The van der Waals surface area contributed by atoms with Crippen molar-refractivity contribution in [3.63, 3.8) is 0 Å². The molecule has 0 aliphatic heterocycles. The predicted octanol–water partition coefficient (Wildman–Crippen LogP) is 2.13. The number of anilines is 1. The van der Waals surface area contributed by atoms with Crippen LogP contribution < -0.4 is 5.32 Å². The minimum atomic E-state index is 0.0502. The molecule has 0 saturated carbocycles. The van der Waals surface area contributed by atoms with E-state index < -0.39 is 0 Å². The molecule has 1 aromatic carbocycles. The molecule has 0 radical (unpaired) electrons. The number of methoxy groups -OCH3 is 1. The highest BCUT2D eigenvalue weighted by Crippen LogP contribution is 2.24. The largest absolute Gasteiger partial charge is 0.396 e. The Morgan fingerprint density at radius 1 is 1.59 bits per heavy atom. The highest BCUT2D eigenvalue weighted by atomic mass is 79.9. The smallest absolute Gasteiger partial charge is 0.0992 e. The first kappa shape index (κ1) is 14.0. The fraction of sp³-hybridized carbons (Fsp3) is 0.417. The molecule has 0 aliphatic rings. The van der Waals surface area contributed by atoms with E-state index in [2.05, 4.69) is 27.3 Å². The van der Waals surface area contributed by atoms with Gasteiger partial charge in [-0.2, -0.15) is 5.26 Å². The van der Waals surface area contributed by atoms with Crippen LogP contribution in [0.3, 0.4) is 0 Å². The molecule has 0 amide bonds. The van der Waals surface area contributed by atoms with Crippen LogP contribution in [-0.4, -0.2) is 31.5 Å². The molecule has 5 heteroatoms. The van der Waals surface area contributed by atoms with Crippen LogP contribution in [0.15, 0.2) is 22.7 Å². The van der Waals surface area contributed by atoms with Gasteiger partial charge < -0.3 is 15.2 Å². The molecule has 0 bridgehead atoms. The van der Waals surface area contributed by atoms with Crippen LogP contribution in [0.1, 0.15) is 12.0 Å². The van der Waals surface area contributed by atoms with E-state index in [-0.39, 0.29) is 12.6 Å². The summed E-state index contributed by atoms with van der Waals surface area (Å²) in [6.07, 6.45) is 0.611. The van der Waals surface area contributed by atoms with Crippen LogP contribution in [0.4, 0.5) is 5.69 Å². The second kappa shape index (κ2) is 7.28. The van der Waals surface area contributed by atoms with Crippen LogP contribution >= 0.6 is 15.9 Å². The number of hydrogen-bond acceptors (Lipinski definition) is 4. The van der Waals surface area contributed by atoms with Gasteiger partial charge in [0, 0.05) is 23.9 Å². The summed E-state index contributed by atoms with van der Waals surface area (Å²) < 4.78 is 5.90. The summed E-state index contributed by atoms with van der Waals surface area (Å²) in [5, 5.41) is 21.0. The molecule has 92 valence electrons. The van der Waals surface area contributed by atoms with Crippen LogP contribution in [0.5, 0.6) is 0 Å². The number of halogens is 1. The standard InChI is InChI=1S/C12H15BrN2O2/c1-17-8-10(4-5-16)15-12-3-2-9(7-14)6-11(12)13/h2-3,6,10,15-16H,4-5,8H2,1H3. The maximum Gasteiger partial charge on any atom is 0.0992 e. The van der Waals surface area contributed by atoms with Crippen molar-refractivity contribution in [2.75, 3.05) is 25.6 Å². The average Bonchev–Trinajstić information content (AvgIpc) is 2.32. The number of nitrogens with zero attached hydrogens (tertiary/aromatic N) is 1. The van der Waals surface area contributed by atoms with Gasteiger partial charge in [-0.3, -0.25) is 0 Å². The molecular weight excluding hydrogens is 284 g/mol. The van der Waals surface area contributed by atoms with Gasteiger partial charge in [0.05, 0.1) is 24.3 Å². The van der Waals surface area contributed by atoms with E-state index in [1.807, 2.05) is 6.07 Å². The minimum Gasteiger partial charge on any atom is -0.396 e. The van der Waals surface area contributed by atoms with Gasteiger partial charge in [-0.1, -0.05) is 0 Å². The SMILES string of the molecule is COCC(CCO)Nc1ccc(C#N)cc1Br. The number of benzene rings is 1. The van der Waals surface area contributed by atoms with Crippen molar-refractivity contribution < 1.29 is 9.84 Å². The molecule has 0 aromatic heterocycles. The number of rotatable bonds is 6. The van der Waals surface area contributed by atoms with E-state index in [1.54, 1.807) is 19.2 Å². The third-order valence-electron chi connectivity index (χ3n) is 2.30. The molecule has 2 N–H and O–H groups in total. The fourth-order valence-corrected chi connectivity index (χ4v) is 1.97. The second-order valence-electron chi connectivity index (χ2n) is 3.62. The summed E-state index contributed by atoms with van der Waals surface area (Å²) in [5.74, 6) is 0. The summed E-state index contributed by atoms with van der Waals surface area (Å²) in [6, 6.07) is 7.46. The number of ether oxygens (including phenoxy) is 1. The van der Waals surface area contributed by atoms with E-state index in [9.17, 15) is 0 Å². The molecule has 4 nitrogen and oxygen atoms in total. The van der Waals surface area contributed by atoms with Crippen LogP contribution in [0.2, 0.25) is 0 Å². The summed E-state index contributed by atoms with van der Waals surface area (Å²) >= 11 is 3.40. The van der Waals surface area contributed by atoms with Gasteiger partial charge in [-0.25, -0.2) is 0 Å². The molecule has 0 spiro atoms. The molecule has 0 aliphatic carbocycles. The Labute approximate surface area is 109 Å². The van der Waals surface area contributed by atoms with Crippen molar-refractivity contribution in [3.05, 3.63) is 28.2 Å². The summed E-state index contributed by atoms with van der Waals surface area (Å²) in [6.45, 7) is 0.627. The average molecular weight is 299 g/mol. The molecule has 1 aromatic rings. The normalized spacial score (nSPS) is 11.9.